The summed E-state index contributed by atoms with van der Waals surface area (Å²) in [6.07, 6.45) is 6.30. The van der Waals surface area contributed by atoms with Gasteiger partial charge >= 0.3 is 0 Å². The topological polar surface area (TPSA) is 29.3 Å². The Morgan fingerprint density at radius 2 is 2.24 bits per heavy atom. The van der Waals surface area contributed by atoms with Gasteiger partial charge in [0.1, 0.15) is 5.82 Å². The highest BCUT2D eigenvalue weighted by Crippen LogP contribution is 2.27. The maximum absolute atomic E-state index is 13.8. The van der Waals surface area contributed by atoms with Crippen molar-refractivity contribution >= 4 is 5.69 Å². The van der Waals surface area contributed by atoms with Crippen molar-refractivity contribution in [1.82, 2.24) is 0 Å². The molecule has 0 aliphatic carbocycles. The standard InChI is InChI=1S/C14H19FN2/c1-4-9-17(10-5-2)13-8-6-7-12(15)14(13)11(3)16/h1,6-8,11H,5,9-10,16H2,2-3H3. The Balaban J connectivity index is 3.18. The second-order valence-corrected chi connectivity index (χ2v) is 4.09. The number of benzene rings is 1. The van der Waals surface area contributed by atoms with Crippen LogP contribution in [-0.2, 0) is 0 Å². The molecule has 0 bridgehead atoms. The lowest BCUT2D eigenvalue weighted by atomic mass is 10.0. The Labute approximate surface area is 103 Å². The highest BCUT2D eigenvalue weighted by atomic mass is 19.1. The predicted octanol–water partition coefficient (Wildman–Crippen LogP) is 2.70. The molecule has 0 fully saturated rings. The Morgan fingerprint density at radius 3 is 2.76 bits per heavy atom. The molecule has 0 aromatic heterocycles. The van der Waals surface area contributed by atoms with Crippen LogP contribution in [0.2, 0.25) is 0 Å². The van der Waals surface area contributed by atoms with E-state index in [1.807, 2.05) is 11.0 Å². The van der Waals surface area contributed by atoms with E-state index >= 15 is 0 Å². The molecule has 0 aliphatic heterocycles. The number of rotatable bonds is 5. The van der Waals surface area contributed by atoms with Gasteiger partial charge in [-0.1, -0.05) is 18.9 Å². The zero-order chi connectivity index (χ0) is 12.8. The Hall–Kier alpha value is -1.53. The monoisotopic (exact) mass is 234 g/mol. The first-order chi connectivity index (χ1) is 8.11. The van der Waals surface area contributed by atoms with Crippen LogP contribution in [0, 0.1) is 18.2 Å². The molecule has 1 aromatic rings. The number of nitrogens with zero attached hydrogens (tertiary/aromatic N) is 1. The zero-order valence-corrected chi connectivity index (χ0v) is 10.4. The molecule has 1 unspecified atom stereocenters. The van der Waals surface area contributed by atoms with E-state index in [0.29, 0.717) is 12.1 Å². The highest BCUT2D eigenvalue weighted by molar-refractivity contribution is 5.56. The van der Waals surface area contributed by atoms with Crippen LogP contribution in [0.5, 0.6) is 0 Å². The van der Waals surface area contributed by atoms with Crippen LogP contribution in [0.15, 0.2) is 18.2 Å². The zero-order valence-electron chi connectivity index (χ0n) is 10.4. The molecule has 92 valence electrons. The molecule has 0 saturated carbocycles. The first-order valence-corrected chi connectivity index (χ1v) is 5.84. The lowest BCUT2D eigenvalue weighted by Gasteiger charge is -2.26. The second-order valence-electron chi connectivity index (χ2n) is 4.09. The minimum absolute atomic E-state index is 0.268. The van der Waals surface area contributed by atoms with Gasteiger partial charge in [0.25, 0.3) is 0 Å². The van der Waals surface area contributed by atoms with Gasteiger partial charge in [-0.05, 0) is 25.5 Å². The first-order valence-electron chi connectivity index (χ1n) is 5.84. The van der Waals surface area contributed by atoms with Gasteiger partial charge in [-0.25, -0.2) is 4.39 Å². The van der Waals surface area contributed by atoms with E-state index in [4.69, 9.17) is 12.2 Å². The van der Waals surface area contributed by atoms with Gasteiger partial charge in [0, 0.05) is 23.8 Å². The summed E-state index contributed by atoms with van der Waals surface area (Å²) in [7, 11) is 0. The molecule has 0 heterocycles. The van der Waals surface area contributed by atoms with Crippen LogP contribution in [0.25, 0.3) is 0 Å². The number of anilines is 1. The van der Waals surface area contributed by atoms with Crippen LogP contribution in [0.3, 0.4) is 0 Å². The lowest BCUT2D eigenvalue weighted by Crippen LogP contribution is -2.27. The van der Waals surface area contributed by atoms with Gasteiger partial charge in [0.15, 0.2) is 0 Å². The van der Waals surface area contributed by atoms with E-state index in [9.17, 15) is 4.39 Å². The molecule has 0 saturated heterocycles. The summed E-state index contributed by atoms with van der Waals surface area (Å²) in [5.74, 6) is 2.33. The largest absolute Gasteiger partial charge is 0.360 e. The number of halogens is 1. The average molecular weight is 234 g/mol. The van der Waals surface area contributed by atoms with Crippen LogP contribution in [0.4, 0.5) is 10.1 Å². The summed E-state index contributed by atoms with van der Waals surface area (Å²) in [6, 6.07) is 4.65. The average Bonchev–Trinajstić information content (AvgIpc) is 2.28. The van der Waals surface area contributed by atoms with Crippen LogP contribution < -0.4 is 10.6 Å². The second kappa shape index (κ2) is 6.27. The third-order valence-corrected chi connectivity index (χ3v) is 2.60. The summed E-state index contributed by atoms with van der Waals surface area (Å²) in [4.78, 5) is 1.99. The van der Waals surface area contributed by atoms with Crippen molar-refractivity contribution in [3.8, 4) is 12.3 Å². The molecule has 0 amide bonds. The molecular formula is C14H19FN2. The maximum Gasteiger partial charge on any atom is 0.130 e. The maximum atomic E-state index is 13.8. The molecule has 17 heavy (non-hydrogen) atoms. The molecule has 2 nitrogen and oxygen atoms in total. The summed E-state index contributed by atoms with van der Waals surface area (Å²) in [5.41, 5.74) is 7.17. The molecule has 1 rings (SSSR count). The Kier molecular flexibility index (Phi) is 4.99. The molecule has 0 aliphatic rings. The minimum Gasteiger partial charge on any atom is -0.360 e. The summed E-state index contributed by atoms with van der Waals surface area (Å²) in [5, 5.41) is 0. The van der Waals surface area contributed by atoms with Crippen molar-refractivity contribution in [2.75, 3.05) is 18.0 Å². The van der Waals surface area contributed by atoms with Crippen molar-refractivity contribution in [3.05, 3.63) is 29.6 Å². The summed E-state index contributed by atoms with van der Waals surface area (Å²) >= 11 is 0. The molecule has 0 radical (unpaired) electrons. The van der Waals surface area contributed by atoms with E-state index in [2.05, 4.69) is 12.8 Å². The van der Waals surface area contributed by atoms with Gasteiger partial charge in [0.05, 0.1) is 6.54 Å². The Morgan fingerprint density at radius 1 is 1.53 bits per heavy atom. The van der Waals surface area contributed by atoms with Crippen LogP contribution in [-0.4, -0.2) is 13.1 Å². The molecule has 2 N–H and O–H groups in total. The van der Waals surface area contributed by atoms with E-state index < -0.39 is 0 Å². The quantitative estimate of drug-likeness (QED) is 0.794. The van der Waals surface area contributed by atoms with Gasteiger partial charge in [-0.3, -0.25) is 0 Å². The third kappa shape index (κ3) is 3.21. The molecule has 3 heteroatoms. The van der Waals surface area contributed by atoms with E-state index in [0.717, 1.165) is 18.7 Å². The minimum atomic E-state index is -0.344. The predicted molar refractivity (Wildman–Crippen MR) is 70.3 cm³/mol. The highest BCUT2D eigenvalue weighted by Gasteiger charge is 2.16. The van der Waals surface area contributed by atoms with E-state index in [1.54, 1.807) is 13.0 Å². The third-order valence-electron chi connectivity index (χ3n) is 2.60. The lowest BCUT2D eigenvalue weighted by molar-refractivity contribution is 0.592. The molecular weight excluding hydrogens is 215 g/mol. The molecule has 1 atom stereocenters. The molecule has 0 spiro atoms. The van der Waals surface area contributed by atoms with Crippen molar-refractivity contribution in [2.24, 2.45) is 5.73 Å². The first kappa shape index (κ1) is 13.5. The summed E-state index contributed by atoms with van der Waals surface area (Å²) in [6.45, 7) is 5.11. The fraction of sp³-hybridized carbons (Fsp3) is 0.429. The van der Waals surface area contributed by atoms with Crippen molar-refractivity contribution in [3.63, 3.8) is 0 Å². The van der Waals surface area contributed by atoms with Crippen LogP contribution in [0.1, 0.15) is 31.9 Å². The fourth-order valence-electron chi connectivity index (χ4n) is 1.92. The SMILES string of the molecule is C#CCN(CCC)c1cccc(F)c1C(C)N. The van der Waals surface area contributed by atoms with Gasteiger partial charge in [-0.15, -0.1) is 6.42 Å². The Bertz CT molecular complexity index is 407. The number of hydrogen-bond acceptors (Lipinski definition) is 2. The smallest absolute Gasteiger partial charge is 0.130 e. The van der Waals surface area contributed by atoms with Gasteiger partial charge in [-0.2, -0.15) is 0 Å². The fourth-order valence-corrected chi connectivity index (χ4v) is 1.92. The summed E-state index contributed by atoms with van der Waals surface area (Å²) < 4.78 is 13.8. The van der Waals surface area contributed by atoms with Crippen LogP contribution >= 0.6 is 0 Å². The van der Waals surface area contributed by atoms with E-state index in [1.165, 1.54) is 6.07 Å². The number of nitrogens with two attached hydrogens (primary N) is 1. The van der Waals surface area contributed by atoms with Gasteiger partial charge in [0.2, 0.25) is 0 Å². The normalized spacial score (nSPS) is 11.9. The number of terminal acetylenes is 1. The van der Waals surface area contributed by atoms with Gasteiger partial charge < -0.3 is 10.6 Å². The number of hydrogen-bond donors (Lipinski definition) is 1. The molecule has 1 aromatic carbocycles. The van der Waals surface area contributed by atoms with E-state index in [-0.39, 0.29) is 11.9 Å². The van der Waals surface area contributed by atoms with Crippen molar-refractivity contribution in [2.45, 2.75) is 26.3 Å². The van der Waals surface area contributed by atoms with Crippen molar-refractivity contribution in [1.29, 1.82) is 0 Å². The van der Waals surface area contributed by atoms with Crippen molar-refractivity contribution < 1.29 is 4.39 Å².